The van der Waals surface area contributed by atoms with E-state index in [1.165, 1.54) is 37.6 Å². The molecule has 25 heavy (non-hydrogen) atoms. The van der Waals surface area contributed by atoms with Crippen molar-refractivity contribution in [3.63, 3.8) is 0 Å². The highest BCUT2D eigenvalue weighted by Gasteiger charge is 2.13. The molecule has 0 fully saturated rings. The van der Waals surface area contributed by atoms with Crippen LogP contribution in [0.3, 0.4) is 0 Å². The van der Waals surface area contributed by atoms with Gasteiger partial charge in [0.2, 0.25) is 0 Å². The third-order valence-corrected chi connectivity index (χ3v) is 3.02. The van der Waals surface area contributed by atoms with Gasteiger partial charge >= 0.3 is 11.8 Å². The predicted octanol–water partition coefficient (Wildman–Crippen LogP) is 1.69. The fourth-order valence-corrected chi connectivity index (χ4v) is 1.79. The normalized spacial score (nSPS) is 10.3. The molecule has 2 aromatic rings. The van der Waals surface area contributed by atoms with Crippen molar-refractivity contribution in [2.75, 3.05) is 12.4 Å². The van der Waals surface area contributed by atoms with Gasteiger partial charge in [-0.25, -0.2) is 5.43 Å². The van der Waals surface area contributed by atoms with E-state index in [4.69, 9.17) is 4.74 Å². The lowest BCUT2D eigenvalue weighted by Gasteiger charge is -2.05. The van der Waals surface area contributed by atoms with Gasteiger partial charge in [-0.15, -0.1) is 0 Å². The van der Waals surface area contributed by atoms with Crippen LogP contribution in [-0.2, 0) is 9.59 Å². The van der Waals surface area contributed by atoms with E-state index >= 15 is 0 Å². The topological polar surface area (TPSA) is 123 Å². The second-order valence-corrected chi connectivity index (χ2v) is 4.73. The van der Waals surface area contributed by atoms with Crippen molar-refractivity contribution in [2.45, 2.75) is 0 Å². The molecule has 128 valence electrons. The third-order valence-electron chi connectivity index (χ3n) is 3.02. The summed E-state index contributed by atoms with van der Waals surface area (Å²) in [5.74, 6) is -1.32. The summed E-state index contributed by atoms with van der Waals surface area (Å²) in [5, 5.41) is 16.6. The Morgan fingerprint density at radius 3 is 2.52 bits per heavy atom. The number of benzene rings is 2. The number of nitro groups is 1. The standard InChI is InChI=1S/C16H14N4O5/c1-25-14-4-2-3-12(9-14)18-15(21)16(22)19-17-10-11-5-7-13(8-6-11)20(23)24/h2-10H,1H3,(H,18,21)(H,19,22)/b17-10+. The molecule has 0 bridgehead atoms. The smallest absolute Gasteiger partial charge is 0.329 e. The second kappa shape index (κ2) is 8.20. The molecule has 0 aliphatic carbocycles. The van der Waals surface area contributed by atoms with Crippen LogP contribution >= 0.6 is 0 Å². The number of nitrogens with zero attached hydrogens (tertiary/aromatic N) is 2. The largest absolute Gasteiger partial charge is 0.497 e. The van der Waals surface area contributed by atoms with E-state index in [0.717, 1.165) is 0 Å². The van der Waals surface area contributed by atoms with E-state index in [0.29, 0.717) is 17.0 Å². The van der Waals surface area contributed by atoms with Gasteiger partial charge in [-0.1, -0.05) is 6.07 Å². The average molecular weight is 342 g/mol. The van der Waals surface area contributed by atoms with Gasteiger partial charge in [-0.2, -0.15) is 5.10 Å². The number of ether oxygens (including phenoxy) is 1. The molecule has 9 nitrogen and oxygen atoms in total. The minimum absolute atomic E-state index is 0.0566. The van der Waals surface area contributed by atoms with Crippen LogP contribution in [0.5, 0.6) is 5.75 Å². The lowest BCUT2D eigenvalue weighted by atomic mass is 10.2. The molecule has 0 aromatic heterocycles. The van der Waals surface area contributed by atoms with Crippen molar-refractivity contribution < 1.29 is 19.2 Å². The monoisotopic (exact) mass is 342 g/mol. The Morgan fingerprint density at radius 2 is 1.88 bits per heavy atom. The van der Waals surface area contributed by atoms with Crippen molar-refractivity contribution in [2.24, 2.45) is 5.10 Å². The molecular weight excluding hydrogens is 328 g/mol. The fraction of sp³-hybridized carbons (Fsp3) is 0.0625. The summed E-state index contributed by atoms with van der Waals surface area (Å²) in [6, 6.07) is 12.1. The van der Waals surface area contributed by atoms with Gasteiger partial charge in [0.1, 0.15) is 5.75 Å². The maximum Gasteiger partial charge on any atom is 0.329 e. The van der Waals surface area contributed by atoms with Crippen LogP contribution in [0.15, 0.2) is 53.6 Å². The molecule has 9 heteroatoms. The first-order valence-electron chi connectivity index (χ1n) is 7.02. The first kappa shape index (κ1) is 17.6. The van der Waals surface area contributed by atoms with Gasteiger partial charge in [0, 0.05) is 23.9 Å². The Balaban J connectivity index is 1.90. The van der Waals surface area contributed by atoms with Crippen LogP contribution in [0.1, 0.15) is 5.56 Å². The van der Waals surface area contributed by atoms with Gasteiger partial charge in [0.15, 0.2) is 0 Å². The number of hydrogen-bond donors (Lipinski definition) is 2. The molecule has 0 saturated heterocycles. The summed E-state index contributed by atoms with van der Waals surface area (Å²) in [6.45, 7) is 0. The van der Waals surface area contributed by atoms with E-state index in [1.54, 1.807) is 24.3 Å². The fourth-order valence-electron chi connectivity index (χ4n) is 1.79. The molecular formula is C16H14N4O5. The van der Waals surface area contributed by atoms with Crippen molar-refractivity contribution in [1.29, 1.82) is 0 Å². The Kier molecular flexibility index (Phi) is 5.77. The number of hydrogen-bond acceptors (Lipinski definition) is 6. The maximum atomic E-state index is 11.8. The highest BCUT2D eigenvalue weighted by molar-refractivity contribution is 6.39. The average Bonchev–Trinajstić information content (AvgIpc) is 2.62. The maximum absolute atomic E-state index is 11.8. The second-order valence-electron chi connectivity index (χ2n) is 4.73. The lowest BCUT2D eigenvalue weighted by Crippen LogP contribution is -2.32. The van der Waals surface area contributed by atoms with Gasteiger partial charge in [-0.3, -0.25) is 19.7 Å². The van der Waals surface area contributed by atoms with E-state index < -0.39 is 16.7 Å². The number of hydrazone groups is 1. The quantitative estimate of drug-likeness (QED) is 0.370. The molecule has 0 radical (unpaired) electrons. The highest BCUT2D eigenvalue weighted by atomic mass is 16.6. The summed E-state index contributed by atoms with van der Waals surface area (Å²) < 4.78 is 5.02. The molecule has 0 unspecified atom stereocenters. The van der Waals surface area contributed by atoms with Crippen LogP contribution in [0.4, 0.5) is 11.4 Å². The number of carbonyl (C=O) groups is 2. The van der Waals surface area contributed by atoms with Crippen LogP contribution in [0, 0.1) is 10.1 Å². The number of non-ortho nitro benzene ring substituents is 1. The van der Waals surface area contributed by atoms with E-state index in [9.17, 15) is 19.7 Å². The molecule has 2 N–H and O–H groups in total. The Bertz CT molecular complexity index is 818. The highest BCUT2D eigenvalue weighted by Crippen LogP contribution is 2.16. The number of rotatable bonds is 5. The van der Waals surface area contributed by atoms with Gasteiger partial charge in [0.05, 0.1) is 18.2 Å². The molecule has 0 atom stereocenters. The van der Waals surface area contributed by atoms with Crippen LogP contribution in [0.2, 0.25) is 0 Å². The van der Waals surface area contributed by atoms with Crippen molar-refractivity contribution >= 4 is 29.4 Å². The number of nitrogens with one attached hydrogen (secondary N) is 2. The SMILES string of the molecule is COc1cccc(NC(=O)C(=O)N/N=C/c2ccc([N+](=O)[O-])cc2)c1. The number of carbonyl (C=O) groups excluding carboxylic acids is 2. The first-order chi connectivity index (χ1) is 12.0. The molecule has 2 amide bonds. The van der Waals surface area contributed by atoms with Crippen molar-refractivity contribution in [3.8, 4) is 5.75 Å². The summed E-state index contributed by atoms with van der Waals surface area (Å²) in [7, 11) is 1.49. The van der Waals surface area contributed by atoms with Crippen molar-refractivity contribution in [1.82, 2.24) is 5.43 Å². The first-order valence-corrected chi connectivity index (χ1v) is 7.02. The Morgan fingerprint density at radius 1 is 1.16 bits per heavy atom. The predicted molar refractivity (Wildman–Crippen MR) is 90.5 cm³/mol. The summed E-state index contributed by atoms with van der Waals surface area (Å²) in [6.07, 6.45) is 1.26. The molecule has 0 aliphatic rings. The zero-order valence-corrected chi connectivity index (χ0v) is 13.1. The number of amides is 2. The van der Waals surface area contributed by atoms with E-state index in [-0.39, 0.29) is 5.69 Å². The molecule has 2 aromatic carbocycles. The molecule has 2 rings (SSSR count). The van der Waals surface area contributed by atoms with Crippen LogP contribution in [-0.4, -0.2) is 30.1 Å². The van der Waals surface area contributed by atoms with Gasteiger partial charge < -0.3 is 10.1 Å². The lowest BCUT2D eigenvalue weighted by molar-refractivity contribution is -0.384. The molecule has 0 spiro atoms. The Hall–Kier alpha value is -3.75. The number of methoxy groups -OCH3 is 1. The summed E-state index contributed by atoms with van der Waals surface area (Å²) in [5.41, 5.74) is 2.94. The van der Waals surface area contributed by atoms with Crippen LogP contribution < -0.4 is 15.5 Å². The minimum Gasteiger partial charge on any atom is -0.497 e. The molecule has 0 saturated carbocycles. The number of nitro benzene ring substituents is 1. The summed E-state index contributed by atoms with van der Waals surface area (Å²) in [4.78, 5) is 33.5. The minimum atomic E-state index is -0.957. The summed E-state index contributed by atoms with van der Waals surface area (Å²) >= 11 is 0. The Labute approximate surface area is 142 Å². The molecule has 0 aliphatic heterocycles. The molecule has 0 heterocycles. The van der Waals surface area contributed by atoms with Crippen LogP contribution in [0.25, 0.3) is 0 Å². The van der Waals surface area contributed by atoms with E-state index in [1.807, 2.05) is 0 Å². The van der Waals surface area contributed by atoms with Gasteiger partial charge in [0.25, 0.3) is 5.69 Å². The zero-order valence-electron chi connectivity index (χ0n) is 13.1. The van der Waals surface area contributed by atoms with Crippen molar-refractivity contribution in [3.05, 3.63) is 64.2 Å². The number of anilines is 1. The van der Waals surface area contributed by atoms with Gasteiger partial charge in [-0.05, 0) is 29.8 Å². The third kappa shape index (κ3) is 5.13. The van der Waals surface area contributed by atoms with E-state index in [2.05, 4.69) is 15.8 Å². The zero-order chi connectivity index (χ0) is 18.2.